The summed E-state index contributed by atoms with van der Waals surface area (Å²) in [6.07, 6.45) is 6.25. The lowest BCUT2D eigenvalue weighted by Gasteiger charge is -2.43. The molecule has 0 aromatic heterocycles. The Morgan fingerprint density at radius 3 is 2.50 bits per heavy atom. The van der Waals surface area contributed by atoms with Crippen LogP contribution in [-0.4, -0.2) is 11.8 Å². The summed E-state index contributed by atoms with van der Waals surface area (Å²) in [6.45, 7) is 1.97. The molecule has 14 heavy (non-hydrogen) atoms. The molecule has 2 fully saturated rings. The van der Waals surface area contributed by atoms with Crippen LogP contribution in [-0.2, 0) is 9.59 Å². The molecule has 78 valence electrons. The van der Waals surface area contributed by atoms with Crippen molar-refractivity contribution in [2.45, 2.75) is 45.4 Å². The predicted molar refractivity (Wildman–Crippen MR) is 52.4 cm³/mol. The van der Waals surface area contributed by atoms with E-state index in [0.717, 1.165) is 12.8 Å². The van der Waals surface area contributed by atoms with Gasteiger partial charge in [0, 0.05) is 12.3 Å². The summed E-state index contributed by atoms with van der Waals surface area (Å²) < 4.78 is 0. The number of imide groups is 1. The van der Waals surface area contributed by atoms with Crippen LogP contribution in [0.2, 0.25) is 0 Å². The molecule has 2 amide bonds. The molecule has 0 radical (unpaired) electrons. The first kappa shape index (κ1) is 9.69. The highest BCUT2D eigenvalue weighted by Gasteiger charge is 2.46. The molecular formula is C11H17NO2. The number of hydrogen-bond donors (Lipinski definition) is 1. The molecule has 1 heterocycles. The first-order valence-electron chi connectivity index (χ1n) is 5.48. The Hall–Kier alpha value is -0.860. The van der Waals surface area contributed by atoms with E-state index in [9.17, 15) is 9.59 Å². The van der Waals surface area contributed by atoms with E-state index >= 15 is 0 Å². The molecule has 2 rings (SSSR count). The van der Waals surface area contributed by atoms with Gasteiger partial charge in [-0.25, -0.2) is 0 Å². The molecule has 1 spiro atoms. The summed E-state index contributed by atoms with van der Waals surface area (Å²) in [5.41, 5.74) is -0.00231. The molecule has 1 unspecified atom stereocenters. The minimum Gasteiger partial charge on any atom is -0.296 e. The van der Waals surface area contributed by atoms with Crippen molar-refractivity contribution < 1.29 is 9.59 Å². The van der Waals surface area contributed by atoms with E-state index in [-0.39, 0.29) is 23.1 Å². The summed E-state index contributed by atoms with van der Waals surface area (Å²) >= 11 is 0. The maximum absolute atomic E-state index is 11.5. The Morgan fingerprint density at radius 1 is 1.21 bits per heavy atom. The highest BCUT2D eigenvalue weighted by Crippen LogP contribution is 2.46. The fourth-order valence-electron chi connectivity index (χ4n) is 2.91. The van der Waals surface area contributed by atoms with Crippen LogP contribution in [0.15, 0.2) is 0 Å². The number of amides is 2. The molecule has 1 saturated heterocycles. The average Bonchev–Trinajstić information content (AvgIpc) is 2.15. The van der Waals surface area contributed by atoms with E-state index in [1.165, 1.54) is 19.3 Å². The molecule has 1 atom stereocenters. The van der Waals surface area contributed by atoms with Crippen molar-refractivity contribution in [3.63, 3.8) is 0 Å². The Morgan fingerprint density at radius 2 is 1.86 bits per heavy atom. The highest BCUT2D eigenvalue weighted by molar-refractivity contribution is 5.99. The lowest BCUT2D eigenvalue weighted by atomic mass is 9.62. The molecule has 1 aliphatic carbocycles. The van der Waals surface area contributed by atoms with Gasteiger partial charge in [-0.3, -0.25) is 14.9 Å². The standard InChI is InChI=1S/C11H17NO2/c1-8-10(14)12-9(13)7-11(8)5-3-2-4-6-11/h8H,2-7H2,1H3,(H,12,13,14). The van der Waals surface area contributed by atoms with Gasteiger partial charge in [0.2, 0.25) is 11.8 Å². The van der Waals surface area contributed by atoms with E-state index in [1.54, 1.807) is 0 Å². The molecule has 3 heteroatoms. The lowest BCUT2D eigenvalue weighted by Crippen LogP contribution is -2.51. The molecular weight excluding hydrogens is 178 g/mol. The summed E-state index contributed by atoms with van der Waals surface area (Å²) in [6, 6.07) is 0. The van der Waals surface area contributed by atoms with Crippen LogP contribution >= 0.6 is 0 Å². The highest BCUT2D eigenvalue weighted by atomic mass is 16.2. The number of rotatable bonds is 0. The Balaban J connectivity index is 2.21. The third-order valence-electron chi connectivity index (χ3n) is 3.94. The first-order valence-corrected chi connectivity index (χ1v) is 5.48. The molecule has 0 aromatic rings. The monoisotopic (exact) mass is 195 g/mol. The minimum atomic E-state index is -0.0741. The van der Waals surface area contributed by atoms with Crippen molar-refractivity contribution in [1.82, 2.24) is 5.32 Å². The van der Waals surface area contributed by atoms with Gasteiger partial charge in [0.05, 0.1) is 0 Å². The first-order chi connectivity index (χ1) is 6.64. The average molecular weight is 195 g/mol. The van der Waals surface area contributed by atoms with Crippen LogP contribution < -0.4 is 5.32 Å². The zero-order chi connectivity index (χ0) is 10.2. The molecule has 1 N–H and O–H groups in total. The predicted octanol–water partition coefficient (Wildman–Crippen LogP) is 1.62. The van der Waals surface area contributed by atoms with Gasteiger partial charge < -0.3 is 0 Å². The van der Waals surface area contributed by atoms with Crippen molar-refractivity contribution in [3.05, 3.63) is 0 Å². The maximum Gasteiger partial charge on any atom is 0.229 e. The zero-order valence-electron chi connectivity index (χ0n) is 8.64. The quantitative estimate of drug-likeness (QED) is 0.597. The fraction of sp³-hybridized carbons (Fsp3) is 0.818. The van der Waals surface area contributed by atoms with Gasteiger partial charge in [-0.05, 0) is 18.3 Å². The number of hydrogen-bond acceptors (Lipinski definition) is 2. The van der Waals surface area contributed by atoms with E-state index < -0.39 is 0 Å². The van der Waals surface area contributed by atoms with E-state index in [1.807, 2.05) is 6.92 Å². The molecule has 0 bridgehead atoms. The zero-order valence-corrected chi connectivity index (χ0v) is 8.64. The SMILES string of the molecule is CC1C(=O)NC(=O)CC12CCCCC2. The van der Waals surface area contributed by atoms with Crippen LogP contribution in [0.3, 0.4) is 0 Å². The topological polar surface area (TPSA) is 46.2 Å². The van der Waals surface area contributed by atoms with Gasteiger partial charge in [0.1, 0.15) is 0 Å². The molecule has 3 nitrogen and oxygen atoms in total. The van der Waals surface area contributed by atoms with Crippen LogP contribution in [0.5, 0.6) is 0 Å². The molecule has 1 saturated carbocycles. The van der Waals surface area contributed by atoms with Crippen molar-refractivity contribution in [2.75, 3.05) is 0 Å². The maximum atomic E-state index is 11.5. The van der Waals surface area contributed by atoms with Crippen LogP contribution in [0.25, 0.3) is 0 Å². The van der Waals surface area contributed by atoms with Gasteiger partial charge >= 0.3 is 0 Å². The number of nitrogens with one attached hydrogen (secondary N) is 1. The van der Waals surface area contributed by atoms with Crippen molar-refractivity contribution >= 4 is 11.8 Å². The van der Waals surface area contributed by atoms with Gasteiger partial charge in [-0.2, -0.15) is 0 Å². The van der Waals surface area contributed by atoms with Crippen molar-refractivity contribution in [2.24, 2.45) is 11.3 Å². The van der Waals surface area contributed by atoms with Crippen LogP contribution in [0.1, 0.15) is 45.4 Å². The summed E-state index contributed by atoms with van der Waals surface area (Å²) in [5, 5.41) is 2.42. The van der Waals surface area contributed by atoms with Gasteiger partial charge in [0.15, 0.2) is 0 Å². The summed E-state index contributed by atoms with van der Waals surface area (Å²) in [5.74, 6) is -0.126. The van der Waals surface area contributed by atoms with Crippen molar-refractivity contribution in [3.8, 4) is 0 Å². The second kappa shape index (κ2) is 3.37. The largest absolute Gasteiger partial charge is 0.296 e. The second-order valence-corrected chi connectivity index (χ2v) is 4.73. The van der Waals surface area contributed by atoms with E-state index in [2.05, 4.69) is 5.32 Å². The Labute approximate surface area is 84.2 Å². The molecule has 0 aromatic carbocycles. The Bertz CT molecular complexity index is 266. The van der Waals surface area contributed by atoms with Crippen LogP contribution in [0.4, 0.5) is 0 Å². The summed E-state index contributed by atoms with van der Waals surface area (Å²) in [4.78, 5) is 22.9. The number of carbonyl (C=O) groups is 2. The van der Waals surface area contributed by atoms with Gasteiger partial charge in [0.25, 0.3) is 0 Å². The smallest absolute Gasteiger partial charge is 0.229 e. The summed E-state index contributed by atoms with van der Waals surface area (Å²) in [7, 11) is 0. The normalized spacial score (nSPS) is 31.6. The van der Waals surface area contributed by atoms with Crippen LogP contribution in [0, 0.1) is 11.3 Å². The van der Waals surface area contributed by atoms with E-state index in [0.29, 0.717) is 6.42 Å². The molecule has 2 aliphatic rings. The second-order valence-electron chi connectivity index (χ2n) is 4.73. The molecule has 1 aliphatic heterocycles. The number of carbonyl (C=O) groups excluding carboxylic acids is 2. The fourth-order valence-corrected chi connectivity index (χ4v) is 2.91. The van der Waals surface area contributed by atoms with Gasteiger partial charge in [-0.1, -0.05) is 26.2 Å². The number of piperidine rings is 1. The third-order valence-corrected chi connectivity index (χ3v) is 3.94. The van der Waals surface area contributed by atoms with Gasteiger partial charge in [-0.15, -0.1) is 0 Å². The Kier molecular flexibility index (Phi) is 2.33. The van der Waals surface area contributed by atoms with E-state index in [4.69, 9.17) is 0 Å². The lowest BCUT2D eigenvalue weighted by molar-refractivity contribution is -0.144. The van der Waals surface area contributed by atoms with Crippen molar-refractivity contribution in [1.29, 1.82) is 0 Å². The minimum absolute atomic E-state index is 0.00231. The third kappa shape index (κ3) is 1.45.